The predicted molar refractivity (Wildman–Crippen MR) is 79.5 cm³/mol. The minimum atomic E-state index is -0.189. The van der Waals surface area contributed by atoms with Crippen LogP contribution in [-0.2, 0) is 6.54 Å². The van der Waals surface area contributed by atoms with Crippen molar-refractivity contribution in [1.29, 1.82) is 0 Å². The van der Waals surface area contributed by atoms with Gasteiger partial charge in [0.25, 0.3) is 0 Å². The van der Waals surface area contributed by atoms with Gasteiger partial charge in [-0.2, -0.15) is 0 Å². The molecule has 1 nitrogen and oxygen atoms in total. The standard InChI is InChI=1S/C14H20BrClFN/c1-3-10(4-2)13(16)9-18-8-11-5-6-12(15)7-14(11)17/h5-7,10,13,18H,3-4,8-9H2,1-2H3. The zero-order valence-electron chi connectivity index (χ0n) is 10.8. The minimum absolute atomic E-state index is 0.110. The van der Waals surface area contributed by atoms with Crippen molar-refractivity contribution in [2.75, 3.05) is 6.54 Å². The van der Waals surface area contributed by atoms with E-state index in [0.29, 0.717) is 24.6 Å². The largest absolute Gasteiger partial charge is 0.311 e. The fourth-order valence-corrected chi connectivity index (χ4v) is 2.78. The Bertz CT molecular complexity index is 369. The Hall–Kier alpha value is -0.120. The van der Waals surface area contributed by atoms with Crippen LogP contribution in [0.5, 0.6) is 0 Å². The summed E-state index contributed by atoms with van der Waals surface area (Å²) in [4.78, 5) is 0. The van der Waals surface area contributed by atoms with Crippen LogP contribution in [-0.4, -0.2) is 11.9 Å². The number of hydrogen-bond donors (Lipinski definition) is 1. The molecule has 0 bridgehead atoms. The molecule has 18 heavy (non-hydrogen) atoms. The molecular weight excluding hydrogens is 317 g/mol. The van der Waals surface area contributed by atoms with Crippen LogP contribution in [0.1, 0.15) is 32.3 Å². The third kappa shape index (κ3) is 4.87. The van der Waals surface area contributed by atoms with Crippen LogP contribution < -0.4 is 5.32 Å². The van der Waals surface area contributed by atoms with E-state index in [9.17, 15) is 4.39 Å². The van der Waals surface area contributed by atoms with Gasteiger partial charge in [0.2, 0.25) is 0 Å². The maximum Gasteiger partial charge on any atom is 0.128 e. The second-order valence-corrected chi connectivity index (χ2v) is 5.94. The van der Waals surface area contributed by atoms with Gasteiger partial charge in [-0.3, -0.25) is 0 Å². The van der Waals surface area contributed by atoms with Crippen LogP contribution in [0.15, 0.2) is 22.7 Å². The first kappa shape index (κ1) is 15.9. The highest BCUT2D eigenvalue weighted by atomic mass is 79.9. The third-order valence-electron chi connectivity index (χ3n) is 3.23. The molecule has 0 saturated heterocycles. The summed E-state index contributed by atoms with van der Waals surface area (Å²) in [5, 5.41) is 3.33. The van der Waals surface area contributed by atoms with Gasteiger partial charge >= 0.3 is 0 Å². The summed E-state index contributed by atoms with van der Waals surface area (Å²) < 4.78 is 14.3. The van der Waals surface area contributed by atoms with Crippen LogP contribution in [0.4, 0.5) is 4.39 Å². The zero-order chi connectivity index (χ0) is 13.5. The number of benzene rings is 1. The molecule has 0 aliphatic rings. The van der Waals surface area contributed by atoms with E-state index in [1.165, 1.54) is 6.07 Å². The number of alkyl halides is 1. The molecule has 0 fully saturated rings. The Morgan fingerprint density at radius 1 is 1.33 bits per heavy atom. The number of hydrogen-bond acceptors (Lipinski definition) is 1. The second kappa shape index (κ2) is 8.13. The van der Waals surface area contributed by atoms with E-state index >= 15 is 0 Å². The Balaban J connectivity index is 2.41. The lowest BCUT2D eigenvalue weighted by Crippen LogP contribution is -2.28. The maximum atomic E-state index is 13.6. The summed E-state index contributed by atoms with van der Waals surface area (Å²) in [6.07, 6.45) is 2.16. The van der Waals surface area contributed by atoms with Gasteiger partial charge in [-0.05, 0) is 18.1 Å². The number of nitrogens with one attached hydrogen (secondary N) is 1. The van der Waals surface area contributed by atoms with Crippen molar-refractivity contribution in [2.45, 2.75) is 38.6 Å². The summed E-state index contributed by atoms with van der Waals surface area (Å²) in [7, 11) is 0. The summed E-state index contributed by atoms with van der Waals surface area (Å²) in [6, 6.07) is 5.11. The van der Waals surface area contributed by atoms with E-state index in [2.05, 4.69) is 35.1 Å². The van der Waals surface area contributed by atoms with Gasteiger partial charge in [-0.15, -0.1) is 11.6 Å². The second-order valence-electron chi connectivity index (χ2n) is 4.46. The molecule has 0 heterocycles. The van der Waals surface area contributed by atoms with Crippen LogP contribution >= 0.6 is 27.5 Å². The van der Waals surface area contributed by atoms with E-state index in [0.717, 1.165) is 17.3 Å². The van der Waals surface area contributed by atoms with Gasteiger partial charge in [-0.25, -0.2) is 4.39 Å². The van der Waals surface area contributed by atoms with E-state index in [1.807, 2.05) is 6.07 Å². The predicted octanol–water partition coefficient (Wildman–Crippen LogP) is 4.72. The minimum Gasteiger partial charge on any atom is -0.311 e. The first-order chi connectivity index (χ1) is 8.58. The molecule has 102 valence electrons. The van der Waals surface area contributed by atoms with Gasteiger partial charge in [0, 0.05) is 28.5 Å². The summed E-state index contributed by atoms with van der Waals surface area (Å²) in [5.41, 5.74) is 0.673. The molecular formula is C14H20BrClFN. The fourth-order valence-electron chi connectivity index (χ4n) is 1.98. The average Bonchev–Trinajstić information content (AvgIpc) is 2.33. The molecule has 0 spiro atoms. The molecule has 1 aromatic rings. The third-order valence-corrected chi connectivity index (χ3v) is 4.23. The average molecular weight is 337 g/mol. The summed E-state index contributed by atoms with van der Waals surface area (Å²) >= 11 is 9.56. The summed E-state index contributed by atoms with van der Waals surface area (Å²) in [5.74, 6) is 0.333. The number of rotatable bonds is 7. The van der Waals surface area contributed by atoms with E-state index in [4.69, 9.17) is 11.6 Å². The topological polar surface area (TPSA) is 12.0 Å². The van der Waals surface area contributed by atoms with Gasteiger partial charge in [0.05, 0.1) is 0 Å². The molecule has 0 aliphatic heterocycles. The first-order valence-corrected chi connectivity index (χ1v) is 7.60. The lowest BCUT2D eigenvalue weighted by Gasteiger charge is -2.19. The lowest BCUT2D eigenvalue weighted by molar-refractivity contribution is 0.444. The molecule has 0 aromatic heterocycles. The summed E-state index contributed by atoms with van der Waals surface area (Å²) in [6.45, 7) is 5.53. The lowest BCUT2D eigenvalue weighted by atomic mass is 9.99. The van der Waals surface area contributed by atoms with Crippen LogP contribution in [0.25, 0.3) is 0 Å². The van der Waals surface area contributed by atoms with Gasteiger partial charge < -0.3 is 5.32 Å². The Labute approximate surface area is 122 Å². The van der Waals surface area contributed by atoms with Gasteiger partial charge in [0.15, 0.2) is 0 Å². The molecule has 0 saturated carbocycles. The molecule has 1 atom stereocenters. The fraction of sp³-hybridized carbons (Fsp3) is 0.571. The Morgan fingerprint density at radius 2 is 2.00 bits per heavy atom. The Morgan fingerprint density at radius 3 is 2.56 bits per heavy atom. The van der Waals surface area contributed by atoms with Crippen molar-refractivity contribution < 1.29 is 4.39 Å². The Kier molecular flexibility index (Phi) is 7.20. The molecule has 1 aromatic carbocycles. The quantitative estimate of drug-likeness (QED) is 0.710. The number of halogens is 3. The SMILES string of the molecule is CCC(CC)C(Cl)CNCc1ccc(Br)cc1F. The van der Waals surface area contributed by atoms with Gasteiger partial charge in [-0.1, -0.05) is 48.7 Å². The monoisotopic (exact) mass is 335 g/mol. The molecule has 1 rings (SSSR count). The van der Waals surface area contributed by atoms with Crippen molar-refractivity contribution in [3.05, 3.63) is 34.1 Å². The van der Waals surface area contributed by atoms with Crippen molar-refractivity contribution in [1.82, 2.24) is 5.32 Å². The maximum absolute atomic E-state index is 13.6. The van der Waals surface area contributed by atoms with E-state index in [1.54, 1.807) is 6.07 Å². The van der Waals surface area contributed by atoms with Crippen molar-refractivity contribution in [2.24, 2.45) is 5.92 Å². The smallest absolute Gasteiger partial charge is 0.128 e. The van der Waals surface area contributed by atoms with E-state index < -0.39 is 0 Å². The highest BCUT2D eigenvalue weighted by molar-refractivity contribution is 9.10. The highest BCUT2D eigenvalue weighted by Gasteiger charge is 2.15. The van der Waals surface area contributed by atoms with Crippen LogP contribution in [0, 0.1) is 11.7 Å². The van der Waals surface area contributed by atoms with Crippen molar-refractivity contribution >= 4 is 27.5 Å². The van der Waals surface area contributed by atoms with Crippen molar-refractivity contribution in [3.8, 4) is 0 Å². The highest BCUT2D eigenvalue weighted by Crippen LogP contribution is 2.18. The molecule has 0 radical (unpaired) electrons. The van der Waals surface area contributed by atoms with Crippen LogP contribution in [0.3, 0.4) is 0 Å². The van der Waals surface area contributed by atoms with Crippen LogP contribution in [0.2, 0.25) is 0 Å². The normalized spacial score (nSPS) is 13.0. The van der Waals surface area contributed by atoms with Crippen molar-refractivity contribution in [3.63, 3.8) is 0 Å². The van der Waals surface area contributed by atoms with E-state index in [-0.39, 0.29) is 11.2 Å². The first-order valence-electron chi connectivity index (χ1n) is 6.37. The molecule has 4 heteroatoms. The van der Waals surface area contributed by atoms with Gasteiger partial charge in [0.1, 0.15) is 5.82 Å². The zero-order valence-corrected chi connectivity index (χ0v) is 13.2. The molecule has 0 amide bonds. The molecule has 1 unspecified atom stereocenters. The molecule has 1 N–H and O–H groups in total. The molecule has 0 aliphatic carbocycles.